The number of ether oxygens (including phenoxy) is 1. The quantitative estimate of drug-likeness (QED) is 0.227. The summed E-state index contributed by atoms with van der Waals surface area (Å²) in [6, 6.07) is 12.7. The highest BCUT2D eigenvalue weighted by atomic mass is 16.5. The van der Waals surface area contributed by atoms with Gasteiger partial charge in [0.25, 0.3) is 5.91 Å². The van der Waals surface area contributed by atoms with Gasteiger partial charge in [0.15, 0.2) is 5.78 Å². The third-order valence-corrected chi connectivity index (χ3v) is 5.59. The van der Waals surface area contributed by atoms with E-state index in [0.29, 0.717) is 22.4 Å². The summed E-state index contributed by atoms with van der Waals surface area (Å²) in [4.78, 5) is 48.4. The molecule has 0 aliphatic heterocycles. The summed E-state index contributed by atoms with van der Waals surface area (Å²) in [7, 11) is 1.22. The van der Waals surface area contributed by atoms with Gasteiger partial charge in [-0.3, -0.25) is 20.3 Å². The van der Waals surface area contributed by atoms with E-state index in [1.165, 1.54) is 32.2 Å². The SMILES string of the molecule is COC(=O)Nc1ccc(-c2cc(C(=N)C(=O)Nc3ccc(C#N)cc3C(=O)O)c(O)cc2C(C)=O)c(C)c1. The van der Waals surface area contributed by atoms with Gasteiger partial charge in [0.05, 0.1) is 30.0 Å². The van der Waals surface area contributed by atoms with Gasteiger partial charge in [-0.2, -0.15) is 5.26 Å². The Bertz CT molecular complexity index is 1550. The van der Waals surface area contributed by atoms with Crippen LogP contribution in [0.2, 0.25) is 0 Å². The molecule has 3 rings (SSSR count). The van der Waals surface area contributed by atoms with Crippen LogP contribution in [0.3, 0.4) is 0 Å². The monoisotopic (exact) mass is 514 g/mol. The van der Waals surface area contributed by atoms with Crippen molar-refractivity contribution in [2.75, 3.05) is 17.7 Å². The second-order valence-corrected chi connectivity index (χ2v) is 8.12. The van der Waals surface area contributed by atoms with Crippen molar-refractivity contribution in [3.8, 4) is 22.9 Å². The van der Waals surface area contributed by atoms with E-state index in [1.54, 1.807) is 25.1 Å². The van der Waals surface area contributed by atoms with Crippen molar-refractivity contribution < 1.29 is 34.1 Å². The number of anilines is 2. The molecule has 0 heterocycles. The summed E-state index contributed by atoms with van der Waals surface area (Å²) >= 11 is 0. The average Bonchev–Trinajstić information content (AvgIpc) is 2.88. The molecule has 0 unspecified atom stereocenters. The lowest BCUT2D eigenvalue weighted by Crippen LogP contribution is -2.24. The first-order valence-corrected chi connectivity index (χ1v) is 11.0. The van der Waals surface area contributed by atoms with Crippen molar-refractivity contribution in [3.63, 3.8) is 0 Å². The molecule has 0 bridgehead atoms. The number of hydrogen-bond donors (Lipinski definition) is 5. The van der Waals surface area contributed by atoms with Gasteiger partial charge in [0.1, 0.15) is 11.5 Å². The number of carbonyl (C=O) groups is 4. The van der Waals surface area contributed by atoms with Crippen LogP contribution in [0.15, 0.2) is 48.5 Å². The molecule has 3 aromatic carbocycles. The number of rotatable bonds is 7. The molecule has 11 heteroatoms. The number of nitrogens with one attached hydrogen (secondary N) is 3. The zero-order valence-corrected chi connectivity index (χ0v) is 20.5. The lowest BCUT2D eigenvalue weighted by Gasteiger charge is -2.16. The van der Waals surface area contributed by atoms with Crippen molar-refractivity contribution in [2.24, 2.45) is 0 Å². The molecule has 0 saturated heterocycles. The molecule has 0 radical (unpaired) electrons. The van der Waals surface area contributed by atoms with Crippen molar-refractivity contribution in [1.29, 1.82) is 10.7 Å². The van der Waals surface area contributed by atoms with E-state index in [4.69, 9.17) is 10.7 Å². The van der Waals surface area contributed by atoms with Crippen molar-refractivity contribution in [3.05, 3.63) is 76.3 Å². The zero-order chi connectivity index (χ0) is 28.1. The van der Waals surface area contributed by atoms with E-state index in [1.807, 2.05) is 6.07 Å². The van der Waals surface area contributed by atoms with Crippen molar-refractivity contribution in [2.45, 2.75) is 13.8 Å². The first-order valence-electron chi connectivity index (χ1n) is 11.0. The predicted octanol–water partition coefficient (Wildman–Crippen LogP) is 4.32. The van der Waals surface area contributed by atoms with Crippen molar-refractivity contribution in [1.82, 2.24) is 0 Å². The fourth-order valence-electron chi connectivity index (χ4n) is 3.72. The minimum absolute atomic E-state index is 0.0701. The Balaban J connectivity index is 2.03. The van der Waals surface area contributed by atoms with Gasteiger partial charge < -0.3 is 20.3 Å². The third kappa shape index (κ3) is 5.66. The van der Waals surface area contributed by atoms with Crippen LogP contribution in [0.4, 0.5) is 16.2 Å². The Kier molecular flexibility index (Phi) is 7.88. The Labute approximate surface area is 216 Å². The molecule has 11 nitrogen and oxygen atoms in total. The Morgan fingerprint density at radius 3 is 2.24 bits per heavy atom. The van der Waals surface area contributed by atoms with Crippen LogP contribution in [0.25, 0.3) is 11.1 Å². The molecule has 0 aliphatic rings. The molecular formula is C27H22N4O7. The van der Waals surface area contributed by atoms with E-state index in [9.17, 15) is 29.4 Å². The number of ketones is 1. The zero-order valence-electron chi connectivity index (χ0n) is 20.5. The summed E-state index contributed by atoms with van der Waals surface area (Å²) in [6.45, 7) is 3.03. The van der Waals surface area contributed by atoms with Gasteiger partial charge in [-0.25, -0.2) is 9.59 Å². The second-order valence-electron chi connectivity index (χ2n) is 8.12. The normalized spacial score (nSPS) is 10.2. The minimum Gasteiger partial charge on any atom is -0.507 e. The third-order valence-electron chi connectivity index (χ3n) is 5.59. The molecule has 3 aromatic rings. The number of carboxylic acid groups (broad SMARTS) is 1. The lowest BCUT2D eigenvalue weighted by molar-refractivity contribution is -0.110. The first kappa shape index (κ1) is 27.1. The van der Waals surface area contributed by atoms with Crippen LogP contribution in [0.1, 0.15) is 44.3 Å². The Morgan fingerprint density at radius 1 is 0.947 bits per heavy atom. The molecule has 192 valence electrons. The molecule has 0 saturated carbocycles. The summed E-state index contributed by atoms with van der Waals surface area (Å²) in [5.41, 5.74) is 0.759. The highest BCUT2D eigenvalue weighted by molar-refractivity contribution is 6.48. The number of carbonyl (C=O) groups excluding carboxylic acids is 3. The highest BCUT2D eigenvalue weighted by Crippen LogP contribution is 2.34. The number of aromatic carboxylic acids is 1. The molecular weight excluding hydrogens is 492 g/mol. The van der Waals surface area contributed by atoms with Gasteiger partial charge in [0.2, 0.25) is 0 Å². The molecule has 0 spiro atoms. The smallest absolute Gasteiger partial charge is 0.411 e. The number of aromatic hydroxyl groups is 1. The Hall–Kier alpha value is -5.50. The van der Waals surface area contributed by atoms with Gasteiger partial charge in [-0.1, -0.05) is 6.07 Å². The summed E-state index contributed by atoms with van der Waals surface area (Å²) in [5, 5.41) is 42.3. The van der Waals surface area contributed by atoms with Crippen LogP contribution >= 0.6 is 0 Å². The van der Waals surface area contributed by atoms with E-state index < -0.39 is 29.4 Å². The van der Waals surface area contributed by atoms with Gasteiger partial charge in [-0.05, 0) is 73.0 Å². The number of carboxylic acids is 1. The van der Waals surface area contributed by atoms with E-state index in [0.717, 1.165) is 12.1 Å². The molecule has 0 aliphatic carbocycles. The first-order chi connectivity index (χ1) is 18.0. The molecule has 2 amide bonds. The maximum atomic E-state index is 12.9. The lowest BCUT2D eigenvalue weighted by atomic mass is 9.90. The number of Topliss-reactive ketones (excluding diaryl/α,β-unsaturated/α-hetero) is 1. The molecule has 38 heavy (non-hydrogen) atoms. The average molecular weight is 514 g/mol. The maximum absolute atomic E-state index is 12.9. The van der Waals surface area contributed by atoms with E-state index >= 15 is 0 Å². The minimum atomic E-state index is -1.39. The summed E-state index contributed by atoms with van der Waals surface area (Å²) < 4.78 is 4.58. The maximum Gasteiger partial charge on any atom is 0.411 e. The molecule has 0 atom stereocenters. The number of benzene rings is 3. The molecule has 0 aromatic heterocycles. The van der Waals surface area contributed by atoms with Gasteiger partial charge in [-0.15, -0.1) is 0 Å². The van der Waals surface area contributed by atoms with Crippen LogP contribution in [-0.4, -0.2) is 46.8 Å². The number of nitriles is 1. The summed E-state index contributed by atoms with van der Waals surface area (Å²) in [6.07, 6.45) is -0.665. The standard InChI is InChI=1S/C27H22N4O7/c1-13-8-16(30-27(37)38-3)5-6-17(13)19-10-21(23(33)11-18(19)14(2)32)24(29)25(34)31-22-7-4-15(12-28)9-20(22)26(35)36/h4-11,29,33H,1-3H3,(H,30,37)(H,31,34)(H,35,36). The number of nitrogens with zero attached hydrogens (tertiary/aromatic N) is 1. The topological polar surface area (TPSA) is 190 Å². The largest absolute Gasteiger partial charge is 0.507 e. The van der Waals surface area contributed by atoms with Crippen molar-refractivity contribution >= 4 is 40.8 Å². The van der Waals surface area contributed by atoms with E-state index in [-0.39, 0.29) is 33.7 Å². The fraction of sp³-hybridized carbons (Fsp3) is 0.111. The van der Waals surface area contributed by atoms with Gasteiger partial charge >= 0.3 is 12.1 Å². The number of methoxy groups -OCH3 is 1. The second kappa shape index (κ2) is 11.0. The van der Waals surface area contributed by atoms with Crippen LogP contribution in [-0.2, 0) is 9.53 Å². The van der Waals surface area contributed by atoms with Crippen LogP contribution in [0.5, 0.6) is 5.75 Å². The van der Waals surface area contributed by atoms with Crippen LogP contribution < -0.4 is 10.6 Å². The predicted molar refractivity (Wildman–Crippen MR) is 138 cm³/mol. The Morgan fingerprint density at radius 2 is 1.66 bits per heavy atom. The molecule has 0 fully saturated rings. The molecule has 5 N–H and O–H groups in total. The fourth-order valence-corrected chi connectivity index (χ4v) is 3.72. The van der Waals surface area contributed by atoms with Crippen LogP contribution in [0, 0.1) is 23.7 Å². The number of phenols is 1. The highest BCUT2D eigenvalue weighted by Gasteiger charge is 2.23. The number of amides is 2. The van der Waals surface area contributed by atoms with E-state index in [2.05, 4.69) is 15.4 Å². The van der Waals surface area contributed by atoms with Gasteiger partial charge in [0, 0.05) is 16.8 Å². The number of hydrogen-bond acceptors (Lipinski definition) is 8. The number of phenolic OH excluding ortho intramolecular Hbond substituents is 1. The summed E-state index contributed by atoms with van der Waals surface area (Å²) in [5.74, 6) is -3.29. The number of aryl methyl sites for hydroxylation is 1.